The third-order valence-electron chi connectivity index (χ3n) is 8.76. The number of nitrogens with one attached hydrogen (secondary N) is 2. The summed E-state index contributed by atoms with van der Waals surface area (Å²) in [5.74, 6) is -1.69. The summed E-state index contributed by atoms with van der Waals surface area (Å²) in [6, 6.07) is 15.9. The van der Waals surface area contributed by atoms with Gasteiger partial charge >= 0.3 is 5.92 Å². The van der Waals surface area contributed by atoms with Gasteiger partial charge in [-0.2, -0.15) is 8.78 Å². The first-order chi connectivity index (χ1) is 23.4. The molecule has 0 fully saturated rings. The fraction of sp³-hybridized carbons (Fsp3) is 0.368. The van der Waals surface area contributed by atoms with Gasteiger partial charge < -0.3 is 29.9 Å². The van der Waals surface area contributed by atoms with Crippen molar-refractivity contribution in [2.75, 3.05) is 46.2 Å². The highest BCUT2D eigenvalue weighted by Crippen LogP contribution is 2.42. The van der Waals surface area contributed by atoms with E-state index < -0.39 is 29.6 Å². The Kier molecular flexibility index (Phi) is 10.7. The minimum absolute atomic E-state index is 0.124. The van der Waals surface area contributed by atoms with Crippen LogP contribution in [0.2, 0.25) is 0 Å². The number of nitrogens with zero attached hydrogens (tertiary/aromatic N) is 2. The summed E-state index contributed by atoms with van der Waals surface area (Å²) in [5, 5.41) is 19.5. The SMILES string of the molecule is CN(C)c1ccc2c(-c3ccc(C(=O)NCCCNC(=O)CC4CCCCC#CC4(F)F)cc3C(=O)[O-])c3ccc(=[N+](C)C)cc-3oc2c1. The Labute approximate surface area is 284 Å². The molecule has 1 aliphatic heterocycles. The number of rotatable bonds is 10. The molecule has 2 amide bonds. The van der Waals surface area contributed by atoms with Crippen molar-refractivity contribution in [3.05, 3.63) is 71.1 Å². The number of fused-ring (bicyclic) bond motifs is 2. The molecule has 1 unspecified atom stereocenters. The standard InChI is InChI=1S/C38H40F2N4O5/c1-43(2)26-12-15-29-32(22-26)49-33-23-27(44(3)4)13-16-30(33)35(29)28-14-11-24(20-31(28)37(47)48)36(46)42-19-9-18-41-34(45)21-25-10-7-5-6-8-17-38(25,39)40/h11-16,20,22-23,25H,5-7,9-10,18-19,21H2,1-4H3,(H2-,41,42,45,46,47,48). The zero-order valence-corrected chi connectivity index (χ0v) is 28.1. The molecule has 9 nitrogen and oxygen atoms in total. The summed E-state index contributed by atoms with van der Waals surface area (Å²) in [5.41, 5.74) is 3.15. The molecule has 0 bridgehead atoms. The molecule has 1 atom stereocenters. The van der Waals surface area contributed by atoms with E-state index >= 15 is 0 Å². The van der Waals surface area contributed by atoms with Crippen LogP contribution in [0, 0.1) is 17.8 Å². The van der Waals surface area contributed by atoms with Crippen LogP contribution >= 0.6 is 0 Å². The molecule has 0 aromatic heterocycles. The molecule has 2 N–H and O–H groups in total. The average Bonchev–Trinajstić information content (AvgIpc) is 3.06. The van der Waals surface area contributed by atoms with Crippen molar-refractivity contribution in [1.29, 1.82) is 0 Å². The number of carbonyl (C=O) groups is 3. The number of amides is 2. The summed E-state index contributed by atoms with van der Waals surface area (Å²) < 4.78 is 37.0. The van der Waals surface area contributed by atoms with Crippen LogP contribution in [0.25, 0.3) is 33.4 Å². The Hall–Kier alpha value is -5.24. The van der Waals surface area contributed by atoms with E-state index in [0.717, 1.165) is 17.5 Å². The molecule has 1 heterocycles. The van der Waals surface area contributed by atoms with Gasteiger partial charge in [-0.25, -0.2) is 4.58 Å². The molecule has 49 heavy (non-hydrogen) atoms. The summed E-state index contributed by atoms with van der Waals surface area (Å²) >= 11 is 0. The largest absolute Gasteiger partial charge is 0.545 e. The van der Waals surface area contributed by atoms with Crippen LogP contribution in [0.4, 0.5) is 14.5 Å². The van der Waals surface area contributed by atoms with E-state index in [9.17, 15) is 28.3 Å². The maximum absolute atomic E-state index is 14.3. The lowest BCUT2D eigenvalue weighted by Gasteiger charge is -2.23. The third kappa shape index (κ3) is 8.08. The van der Waals surface area contributed by atoms with Crippen LogP contribution in [-0.2, 0) is 4.79 Å². The summed E-state index contributed by atoms with van der Waals surface area (Å²) in [6.07, 6.45) is 2.03. The predicted octanol–water partition coefficient (Wildman–Crippen LogP) is 4.12. The maximum atomic E-state index is 14.3. The fourth-order valence-corrected chi connectivity index (χ4v) is 6.00. The van der Waals surface area contributed by atoms with Crippen molar-refractivity contribution in [2.24, 2.45) is 5.92 Å². The van der Waals surface area contributed by atoms with Gasteiger partial charge in [-0.15, -0.1) is 0 Å². The van der Waals surface area contributed by atoms with E-state index in [-0.39, 0.29) is 37.1 Å². The van der Waals surface area contributed by atoms with Gasteiger partial charge in [0.25, 0.3) is 5.91 Å². The lowest BCUT2D eigenvalue weighted by atomic mass is 9.89. The second-order valence-corrected chi connectivity index (χ2v) is 12.7. The number of benzene rings is 3. The number of carbonyl (C=O) groups excluding carboxylic acids is 3. The summed E-state index contributed by atoms with van der Waals surface area (Å²) in [7, 11) is 7.67. The van der Waals surface area contributed by atoms with Gasteiger partial charge in [0.1, 0.15) is 25.4 Å². The second kappa shape index (κ2) is 14.9. The van der Waals surface area contributed by atoms with Gasteiger partial charge in [0.05, 0.1) is 12.0 Å². The van der Waals surface area contributed by atoms with Crippen molar-refractivity contribution in [3.63, 3.8) is 0 Å². The van der Waals surface area contributed by atoms with Crippen LogP contribution in [0.15, 0.2) is 59.0 Å². The van der Waals surface area contributed by atoms with E-state index in [1.807, 2.05) is 80.0 Å². The van der Waals surface area contributed by atoms with Crippen LogP contribution in [0.5, 0.6) is 0 Å². The quantitative estimate of drug-likeness (QED) is 0.114. The summed E-state index contributed by atoms with van der Waals surface area (Å²) in [6.45, 7) is 0.348. The lowest BCUT2D eigenvalue weighted by molar-refractivity contribution is -0.254. The monoisotopic (exact) mass is 670 g/mol. The lowest BCUT2D eigenvalue weighted by Crippen LogP contribution is -2.35. The minimum atomic E-state index is -3.20. The van der Waals surface area contributed by atoms with Crippen LogP contribution in [0.1, 0.15) is 59.2 Å². The normalized spacial score (nSPS) is 15.4. The number of alkyl halides is 2. The van der Waals surface area contributed by atoms with Crippen molar-refractivity contribution in [1.82, 2.24) is 15.2 Å². The highest BCUT2D eigenvalue weighted by Gasteiger charge is 2.39. The van der Waals surface area contributed by atoms with Gasteiger partial charge in [-0.3, -0.25) is 9.59 Å². The molecule has 0 saturated carbocycles. The first kappa shape index (κ1) is 35.1. The molecule has 2 aromatic carbocycles. The predicted molar refractivity (Wildman–Crippen MR) is 183 cm³/mol. The van der Waals surface area contributed by atoms with Crippen molar-refractivity contribution < 1.29 is 32.7 Å². The first-order valence-corrected chi connectivity index (χ1v) is 16.3. The Morgan fingerprint density at radius 3 is 2.49 bits per heavy atom. The van der Waals surface area contributed by atoms with Crippen LogP contribution in [-0.4, -0.2) is 65.0 Å². The van der Waals surface area contributed by atoms with Crippen molar-refractivity contribution in [2.45, 2.75) is 44.4 Å². The number of carboxylic acid groups (broad SMARTS) is 1. The van der Waals surface area contributed by atoms with Gasteiger partial charge in [0.2, 0.25) is 11.3 Å². The van der Waals surface area contributed by atoms with E-state index in [2.05, 4.69) is 16.6 Å². The Balaban J connectivity index is 1.33. The number of aromatic carboxylic acids is 1. The van der Waals surface area contributed by atoms with Crippen LogP contribution < -0.4 is 30.6 Å². The number of hydrogen-bond acceptors (Lipinski definition) is 6. The van der Waals surface area contributed by atoms with Gasteiger partial charge in [0.15, 0.2) is 0 Å². The van der Waals surface area contributed by atoms with Gasteiger partial charge in [-0.1, -0.05) is 18.4 Å². The molecule has 5 rings (SSSR count). The minimum Gasteiger partial charge on any atom is -0.545 e. The van der Waals surface area contributed by atoms with Crippen molar-refractivity contribution in [3.8, 4) is 34.3 Å². The molecule has 0 spiro atoms. The maximum Gasteiger partial charge on any atom is 0.311 e. The van der Waals surface area contributed by atoms with Gasteiger partial charge in [0, 0.05) is 91.4 Å². The zero-order chi connectivity index (χ0) is 35.3. The van der Waals surface area contributed by atoms with E-state index in [1.54, 1.807) is 12.1 Å². The van der Waals surface area contributed by atoms with E-state index in [4.69, 9.17) is 4.42 Å². The molecule has 0 saturated heterocycles. The number of halogens is 2. The fourth-order valence-electron chi connectivity index (χ4n) is 6.00. The number of carboxylic acids is 1. The van der Waals surface area contributed by atoms with Crippen molar-refractivity contribution >= 4 is 34.4 Å². The first-order valence-electron chi connectivity index (χ1n) is 16.3. The Morgan fingerprint density at radius 2 is 1.76 bits per heavy atom. The third-order valence-corrected chi connectivity index (χ3v) is 8.76. The average molecular weight is 671 g/mol. The highest BCUT2D eigenvalue weighted by atomic mass is 19.3. The molecule has 2 aliphatic carbocycles. The molecule has 256 valence electrons. The van der Waals surface area contributed by atoms with E-state index in [1.165, 1.54) is 6.07 Å². The number of hydrogen-bond donors (Lipinski definition) is 2. The summed E-state index contributed by atoms with van der Waals surface area (Å²) in [4.78, 5) is 39.9. The van der Waals surface area contributed by atoms with E-state index in [0.29, 0.717) is 52.7 Å². The molecule has 3 aliphatic rings. The molecular formula is C38H40F2N4O5. The smallest absolute Gasteiger partial charge is 0.311 e. The Morgan fingerprint density at radius 1 is 1.00 bits per heavy atom. The second-order valence-electron chi connectivity index (χ2n) is 12.7. The molecular weight excluding hydrogens is 630 g/mol. The molecule has 11 heteroatoms. The highest BCUT2D eigenvalue weighted by molar-refractivity contribution is 6.09. The zero-order valence-electron chi connectivity index (χ0n) is 28.1. The van der Waals surface area contributed by atoms with Crippen LogP contribution in [0.3, 0.4) is 0 Å². The van der Waals surface area contributed by atoms with Gasteiger partial charge in [-0.05, 0) is 61.1 Å². The molecule has 0 radical (unpaired) electrons. The number of anilines is 1. The topological polar surface area (TPSA) is 118 Å². The Bertz CT molecular complexity index is 2000. The molecule has 2 aromatic rings.